The molecule has 0 radical (unpaired) electrons. The number of hydrogen-bond acceptors (Lipinski definition) is 3. The smallest absolute Gasteiger partial charge is 0.278 e. The van der Waals surface area contributed by atoms with Crippen LogP contribution in [0.15, 0.2) is 35.2 Å². The molecule has 1 aromatic carbocycles. The summed E-state index contributed by atoms with van der Waals surface area (Å²) in [5.74, 6) is 0.0428. The SMILES string of the molecule is CCCNC(=O)[C@@H](C)[NH+]1CCN(S(=O)(=O)c2ccccc2)CC1. The van der Waals surface area contributed by atoms with Crippen molar-refractivity contribution in [1.29, 1.82) is 0 Å². The number of rotatable bonds is 6. The summed E-state index contributed by atoms with van der Waals surface area (Å²) >= 11 is 0. The number of sulfonamides is 1. The number of nitrogens with one attached hydrogen (secondary N) is 2. The Labute approximate surface area is 138 Å². The first-order valence-corrected chi connectivity index (χ1v) is 9.58. The van der Waals surface area contributed by atoms with Crippen LogP contribution in [0.2, 0.25) is 0 Å². The van der Waals surface area contributed by atoms with Crippen LogP contribution in [0.3, 0.4) is 0 Å². The zero-order valence-corrected chi connectivity index (χ0v) is 14.6. The van der Waals surface area contributed by atoms with Gasteiger partial charge in [-0.2, -0.15) is 4.31 Å². The molecule has 128 valence electrons. The molecular formula is C16H26N3O3S+. The Kier molecular flexibility index (Phi) is 6.15. The van der Waals surface area contributed by atoms with Gasteiger partial charge in [0.1, 0.15) is 0 Å². The minimum Gasteiger partial charge on any atom is -0.351 e. The molecule has 7 heteroatoms. The van der Waals surface area contributed by atoms with Crippen molar-refractivity contribution in [3.63, 3.8) is 0 Å². The lowest BCUT2D eigenvalue weighted by atomic mass is 10.2. The Hall–Kier alpha value is -1.44. The van der Waals surface area contributed by atoms with Crippen molar-refractivity contribution in [2.24, 2.45) is 0 Å². The van der Waals surface area contributed by atoms with Gasteiger partial charge in [0.2, 0.25) is 10.0 Å². The van der Waals surface area contributed by atoms with Gasteiger partial charge < -0.3 is 10.2 Å². The zero-order chi connectivity index (χ0) is 16.9. The number of carbonyl (C=O) groups excluding carboxylic acids is 1. The lowest BCUT2D eigenvalue weighted by Gasteiger charge is -2.34. The molecule has 1 aromatic rings. The van der Waals surface area contributed by atoms with Crippen molar-refractivity contribution in [2.45, 2.75) is 31.2 Å². The van der Waals surface area contributed by atoms with E-state index in [-0.39, 0.29) is 11.9 Å². The highest BCUT2D eigenvalue weighted by Crippen LogP contribution is 2.14. The summed E-state index contributed by atoms with van der Waals surface area (Å²) in [6, 6.07) is 8.36. The average molecular weight is 340 g/mol. The molecule has 0 saturated carbocycles. The molecule has 1 atom stereocenters. The van der Waals surface area contributed by atoms with Gasteiger partial charge in [0.05, 0.1) is 31.1 Å². The van der Waals surface area contributed by atoms with Gasteiger partial charge in [-0.15, -0.1) is 0 Å². The summed E-state index contributed by atoms with van der Waals surface area (Å²) in [5.41, 5.74) is 0. The molecule has 1 aliphatic heterocycles. The zero-order valence-electron chi connectivity index (χ0n) is 13.8. The summed E-state index contributed by atoms with van der Waals surface area (Å²) in [7, 11) is -3.43. The Morgan fingerprint density at radius 2 is 1.87 bits per heavy atom. The summed E-state index contributed by atoms with van der Waals surface area (Å²) in [4.78, 5) is 13.5. The number of amides is 1. The van der Waals surface area contributed by atoms with Crippen molar-refractivity contribution in [2.75, 3.05) is 32.7 Å². The number of carbonyl (C=O) groups is 1. The standard InChI is InChI=1S/C16H25N3O3S/c1-3-9-17-16(20)14(2)18-10-12-19(13-11-18)23(21,22)15-7-5-4-6-8-15/h4-8,14H,3,9-13H2,1-2H3,(H,17,20)/p+1/t14-/m1/s1. The molecule has 23 heavy (non-hydrogen) atoms. The van der Waals surface area contributed by atoms with E-state index >= 15 is 0 Å². The molecule has 1 fully saturated rings. The molecular weight excluding hydrogens is 314 g/mol. The van der Waals surface area contributed by atoms with Crippen LogP contribution in [0.5, 0.6) is 0 Å². The van der Waals surface area contributed by atoms with Crippen molar-refractivity contribution < 1.29 is 18.1 Å². The van der Waals surface area contributed by atoms with Crippen molar-refractivity contribution >= 4 is 15.9 Å². The second-order valence-electron chi connectivity index (χ2n) is 5.89. The number of piperazine rings is 1. The van der Waals surface area contributed by atoms with E-state index in [1.807, 2.05) is 13.8 Å². The van der Waals surface area contributed by atoms with Crippen LogP contribution in [0.25, 0.3) is 0 Å². The van der Waals surface area contributed by atoms with E-state index < -0.39 is 10.0 Å². The van der Waals surface area contributed by atoms with Gasteiger partial charge in [0.15, 0.2) is 6.04 Å². The number of nitrogens with zero attached hydrogens (tertiary/aromatic N) is 1. The maximum Gasteiger partial charge on any atom is 0.278 e. The van der Waals surface area contributed by atoms with E-state index in [0.29, 0.717) is 37.6 Å². The van der Waals surface area contributed by atoms with Crippen LogP contribution >= 0.6 is 0 Å². The van der Waals surface area contributed by atoms with Crippen LogP contribution < -0.4 is 10.2 Å². The third kappa shape index (κ3) is 4.31. The quantitative estimate of drug-likeness (QED) is 0.733. The Morgan fingerprint density at radius 3 is 2.43 bits per heavy atom. The molecule has 1 aliphatic rings. The third-order valence-electron chi connectivity index (χ3n) is 4.30. The lowest BCUT2D eigenvalue weighted by Crippen LogP contribution is -3.19. The number of benzene rings is 1. The first-order valence-electron chi connectivity index (χ1n) is 8.14. The largest absolute Gasteiger partial charge is 0.351 e. The fourth-order valence-corrected chi connectivity index (χ4v) is 4.24. The predicted molar refractivity (Wildman–Crippen MR) is 88.7 cm³/mol. The van der Waals surface area contributed by atoms with Crippen LogP contribution in [-0.2, 0) is 14.8 Å². The topological polar surface area (TPSA) is 70.9 Å². The summed E-state index contributed by atoms with van der Waals surface area (Å²) in [5, 5.41) is 2.91. The van der Waals surface area contributed by atoms with E-state index in [0.717, 1.165) is 11.3 Å². The molecule has 1 saturated heterocycles. The van der Waals surface area contributed by atoms with Gasteiger partial charge in [0, 0.05) is 6.54 Å². The van der Waals surface area contributed by atoms with Crippen LogP contribution in [0, 0.1) is 0 Å². The summed E-state index contributed by atoms with van der Waals surface area (Å²) in [6.45, 7) is 6.78. The van der Waals surface area contributed by atoms with Gasteiger partial charge >= 0.3 is 0 Å². The predicted octanol–water partition coefficient (Wildman–Crippen LogP) is -0.509. The highest BCUT2D eigenvalue weighted by molar-refractivity contribution is 7.89. The lowest BCUT2D eigenvalue weighted by molar-refractivity contribution is -0.917. The minimum atomic E-state index is -3.43. The fraction of sp³-hybridized carbons (Fsp3) is 0.562. The number of quaternary nitrogens is 1. The van der Waals surface area contributed by atoms with Crippen LogP contribution in [-0.4, -0.2) is 57.4 Å². The third-order valence-corrected chi connectivity index (χ3v) is 6.21. The van der Waals surface area contributed by atoms with E-state index in [1.54, 1.807) is 30.3 Å². The monoisotopic (exact) mass is 340 g/mol. The summed E-state index contributed by atoms with van der Waals surface area (Å²) in [6.07, 6.45) is 0.914. The Morgan fingerprint density at radius 1 is 1.26 bits per heavy atom. The summed E-state index contributed by atoms with van der Waals surface area (Å²) < 4.78 is 26.7. The van der Waals surface area contributed by atoms with Crippen molar-refractivity contribution in [3.8, 4) is 0 Å². The molecule has 1 amide bonds. The number of hydrogen-bond donors (Lipinski definition) is 2. The molecule has 6 nitrogen and oxygen atoms in total. The highest BCUT2D eigenvalue weighted by atomic mass is 32.2. The maximum atomic E-state index is 12.6. The second-order valence-corrected chi connectivity index (χ2v) is 7.83. The van der Waals surface area contributed by atoms with Gasteiger partial charge in [0.25, 0.3) is 5.91 Å². The molecule has 0 aliphatic carbocycles. The van der Waals surface area contributed by atoms with E-state index in [1.165, 1.54) is 4.31 Å². The van der Waals surface area contributed by atoms with Crippen LogP contribution in [0.1, 0.15) is 20.3 Å². The van der Waals surface area contributed by atoms with Crippen molar-refractivity contribution in [1.82, 2.24) is 9.62 Å². The van der Waals surface area contributed by atoms with Gasteiger partial charge in [-0.05, 0) is 25.5 Å². The van der Waals surface area contributed by atoms with Crippen molar-refractivity contribution in [3.05, 3.63) is 30.3 Å². The molecule has 2 N–H and O–H groups in total. The second kappa shape index (κ2) is 7.90. The Bertz CT molecular complexity index is 611. The maximum absolute atomic E-state index is 12.6. The van der Waals surface area contributed by atoms with Crippen LogP contribution in [0.4, 0.5) is 0 Å². The average Bonchev–Trinajstić information content (AvgIpc) is 2.59. The fourth-order valence-electron chi connectivity index (χ4n) is 2.78. The molecule has 0 aromatic heterocycles. The van der Waals surface area contributed by atoms with E-state index in [4.69, 9.17) is 0 Å². The van der Waals surface area contributed by atoms with Gasteiger partial charge in [-0.25, -0.2) is 8.42 Å². The Balaban J connectivity index is 1.95. The molecule has 0 bridgehead atoms. The van der Waals surface area contributed by atoms with Gasteiger partial charge in [-0.1, -0.05) is 25.1 Å². The molecule has 0 spiro atoms. The molecule has 2 rings (SSSR count). The van der Waals surface area contributed by atoms with E-state index in [9.17, 15) is 13.2 Å². The minimum absolute atomic E-state index is 0.0428. The first-order chi connectivity index (χ1) is 11.0. The molecule has 0 unspecified atom stereocenters. The highest BCUT2D eigenvalue weighted by Gasteiger charge is 2.34. The first kappa shape index (κ1) is 17.9. The van der Waals surface area contributed by atoms with Gasteiger partial charge in [-0.3, -0.25) is 4.79 Å². The van der Waals surface area contributed by atoms with E-state index in [2.05, 4.69) is 5.32 Å². The normalized spacial score (nSPS) is 18.5. The molecule has 1 heterocycles.